The van der Waals surface area contributed by atoms with Gasteiger partial charge < -0.3 is 0 Å². The Bertz CT molecular complexity index is 1420. The number of hydrogen-bond donors (Lipinski definition) is 0. The second-order valence-corrected chi connectivity index (χ2v) is 18.9. The van der Waals surface area contributed by atoms with Gasteiger partial charge >= 0.3 is 0 Å². The maximum atomic E-state index is 6.96. The average molecular weight is 817 g/mol. The van der Waals surface area contributed by atoms with E-state index in [1.165, 1.54) is 207 Å². The van der Waals surface area contributed by atoms with Crippen LogP contribution in [0.2, 0.25) is 5.02 Å². The Balaban J connectivity index is 1.59. The fourth-order valence-electron chi connectivity index (χ4n) is 10.6. The van der Waals surface area contributed by atoms with Gasteiger partial charge in [0.15, 0.2) is 0 Å². The quantitative estimate of drug-likeness (QED) is 0.0641. The van der Waals surface area contributed by atoms with E-state index < -0.39 is 0 Å². The molecule has 0 saturated heterocycles. The van der Waals surface area contributed by atoms with Gasteiger partial charge in [-0.2, -0.15) is 0 Å². The number of rotatable bonds is 28. The molecule has 3 aromatic carbocycles. The summed E-state index contributed by atoms with van der Waals surface area (Å²) in [7, 11) is 0. The molecule has 54 heavy (non-hydrogen) atoms. The summed E-state index contributed by atoms with van der Waals surface area (Å²) in [6.45, 7) is 9.33. The van der Waals surface area contributed by atoms with Gasteiger partial charge in [-0.3, -0.25) is 0 Å². The summed E-state index contributed by atoms with van der Waals surface area (Å²) in [5.41, 5.74) is 12.6. The van der Waals surface area contributed by atoms with Gasteiger partial charge in [0.1, 0.15) is 0 Å². The summed E-state index contributed by atoms with van der Waals surface area (Å²) in [5, 5.41) is 0.903. The summed E-state index contributed by atoms with van der Waals surface area (Å²) < 4.78 is 1.23. The molecule has 2 aliphatic rings. The van der Waals surface area contributed by atoms with Crippen LogP contribution >= 0.6 is 27.5 Å². The highest BCUT2D eigenvalue weighted by atomic mass is 79.9. The normalized spacial score (nSPS) is 14.6. The lowest BCUT2D eigenvalue weighted by atomic mass is 9.68. The maximum absolute atomic E-state index is 6.96. The van der Waals surface area contributed by atoms with E-state index in [1.54, 1.807) is 22.3 Å². The SMILES string of the molecule is CCCCCCCCC1(CCCCCCCC)c2cc(Cl)ccc2-c2cc3c(cc21)-c1ccc(Br)cc1C3(CCCCCCCC)CCCCCCCC. The molecule has 0 heterocycles. The third-order valence-electron chi connectivity index (χ3n) is 13.6. The minimum Gasteiger partial charge on any atom is -0.0843 e. The average Bonchev–Trinajstić information content (AvgIpc) is 3.58. The second kappa shape index (κ2) is 22.4. The van der Waals surface area contributed by atoms with Crippen molar-refractivity contribution in [2.75, 3.05) is 0 Å². The van der Waals surface area contributed by atoms with E-state index in [0.29, 0.717) is 0 Å². The Morgan fingerprint density at radius 3 is 1.07 bits per heavy atom. The van der Waals surface area contributed by atoms with E-state index in [-0.39, 0.29) is 10.8 Å². The molecule has 2 aliphatic carbocycles. The highest BCUT2D eigenvalue weighted by molar-refractivity contribution is 9.10. The standard InChI is InChI=1S/C52H76BrCl/c1-5-9-13-17-21-25-33-51(34-26-22-18-14-10-6-2)47-37-41(53)29-31-43(47)45-39-50-46(40-49(45)51)44-32-30-42(54)38-48(44)52(50,35-27-23-19-15-11-7-3)36-28-24-20-16-12-8-4/h29-32,37-40H,5-28,33-36H2,1-4H3. The van der Waals surface area contributed by atoms with E-state index in [0.717, 1.165) is 5.02 Å². The molecule has 0 amide bonds. The lowest BCUT2D eigenvalue weighted by molar-refractivity contribution is 0.394. The Hall–Kier alpha value is -1.57. The van der Waals surface area contributed by atoms with Gasteiger partial charge in [-0.15, -0.1) is 0 Å². The summed E-state index contributed by atoms with van der Waals surface area (Å²) in [6.07, 6.45) is 37.3. The Morgan fingerprint density at radius 2 is 0.685 bits per heavy atom. The monoisotopic (exact) mass is 814 g/mol. The number of benzene rings is 3. The van der Waals surface area contributed by atoms with E-state index >= 15 is 0 Å². The topological polar surface area (TPSA) is 0 Å². The largest absolute Gasteiger partial charge is 0.0843 e. The lowest BCUT2D eigenvalue weighted by Crippen LogP contribution is -2.27. The first kappa shape index (κ1) is 43.6. The molecular formula is C52H76BrCl. The molecule has 3 aromatic rings. The third-order valence-corrected chi connectivity index (χ3v) is 14.3. The zero-order valence-corrected chi connectivity index (χ0v) is 37.5. The molecule has 5 rings (SSSR count). The summed E-state index contributed by atoms with van der Waals surface area (Å²) in [4.78, 5) is 0. The van der Waals surface area contributed by atoms with Crippen LogP contribution in [0.5, 0.6) is 0 Å². The zero-order valence-electron chi connectivity index (χ0n) is 35.2. The minimum atomic E-state index is 0.0411. The minimum absolute atomic E-state index is 0.0411. The van der Waals surface area contributed by atoms with E-state index in [2.05, 4.69) is 92.2 Å². The molecule has 0 atom stereocenters. The number of hydrogen-bond acceptors (Lipinski definition) is 0. The van der Waals surface area contributed by atoms with Crippen LogP contribution < -0.4 is 0 Å². The molecule has 0 aromatic heterocycles. The molecule has 2 heteroatoms. The van der Waals surface area contributed by atoms with Gasteiger partial charge in [-0.25, -0.2) is 0 Å². The fraction of sp³-hybridized carbons (Fsp3) is 0.654. The van der Waals surface area contributed by atoms with Crippen LogP contribution in [0.15, 0.2) is 53.0 Å². The van der Waals surface area contributed by atoms with Crippen molar-refractivity contribution in [2.24, 2.45) is 0 Å². The van der Waals surface area contributed by atoms with Crippen molar-refractivity contribution in [1.29, 1.82) is 0 Å². The molecule has 0 fully saturated rings. The van der Waals surface area contributed by atoms with Crippen LogP contribution in [0, 0.1) is 0 Å². The van der Waals surface area contributed by atoms with Crippen molar-refractivity contribution in [2.45, 2.75) is 218 Å². The molecule has 0 unspecified atom stereocenters. The Labute approximate surface area is 346 Å². The van der Waals surface area contributed by atoms with Crippen LogP contribution in [0.4, 0.5) is 0 Å². The lowest BCUT2D eigenvalue weighted by Gasteiger charge is -2.35. The molecule has 0 nitrogen and oxygen atoms in total. The van der Waals surface area contributed by atoms with Crippen molar-refractivity contribution < 1.29 is 0 Å². The molecule has 0 bridgehead atoms. The van der Waals surface area contributed by atoms with Gasteiger partial charge in [0.2, 0.25) is 0 Å². The number of halogens is 2. The van der Waals surface area contributed by atoms with Crippen LogP contribution in [0.25, 0.3) is 22.3 Å². The zero-order chi connectivity index (χ0) is 38.2. The van der Waals surface area contributed by atoms with Crippen molar-refractivity contribution in [3.05, 3.63) is 80.3 Å². The molecule has 0 spiro atoms. The molecular weight excluding hydrogens is 740 g/mol. The predicted octanol–water partition coefficient (Wildman–Crippen LogP) is 18.6. The smallest absolute Gasteiger partial charge is 0.0409 e. The van der Waals surface area contributed by atoms with Crippen LogP contribution in [-0.4, -0.2) is 0 Å². The van der Waals surface area contributed by atoms with E-state index in [1.807, 2.05) is 0 Å². The van der Waals surface area contributed by atoms with Crippen LogP contribution in [0.3, 0.4) is 0 Å². The molecule has 0 N–H and O–H groups in total. The third kappa shape index (κ3) is 10.5. The second-order valence-electron chi connectivity index (χ2n) is 17.6. The first-order valence-electron chi connectivity index (χ1n) is 23.3. The molecule has 0 saturated carbocycles. The fourth-order valence-corrected chi connectivity index (χ4v) is 11.1. The summed E-state index contributed by atoms with van der Waals surface area (Å²) in [5.74, 6) is 0. The van der Waals surface area contributed by atoms with E-state index in [4.69, 9.17) is 11.6 Å². The van der Waals surface area contributed by atoms with Crippen LogP contribution in [0.1, 0.15) is 230 Å². The van der Waals surface area contributed by atoms with Gasteiger partial charge in [0, 0.05) is 20.3 Å². The highest BCUT2D eigenvalue weighted by Gasteiger charge is 2.47. The molecule has 0 radical (unpaired) electrons. The molecule has 0 aliphatic heterocycles. The summed E-state index contributed by atoms with van der Waals surface area (Å²) in [6, 6.07) is 19.8. The van der Waals surface area contributed by atoms with Crippen LogP contribution in [-0.2, 0) is 10.8 Å². The maximum Gasteiger partial charge on any atom is 0.0409 e. The predicted molar refractivity (Wildman–Crippen MR) is 244 cm³/mol. The summed E-state index contributed by atoms with van der Waals surface area (Å²) >= 11 is 10.9. The van der Waals surface area contributed by atoms with Gasteiger partial charge in [-0.1, -0.05) is 221 Å². The molecule has 298 valence electrons. The van der Waals surface area contributed by atoms with Crippen molar-refractivity contribution >= 4 is 27.5 Å². The highest BCUT2D eigenvalue weighted by Crippen LogP contribution is 2.61. The van der Waals surface area contributed by atoms with Crippen molar-refractivity contribution in [3.63, 3.8) is 0 Å². The number of fused-ring (bicyclic) bond motifs is 6. The van der Waals surface area contributed by atoms with Crippen molar-refractivity contribution in [1.82, 2.24) is 0 Å². The first-order valence-corrected chi connectivity index (χ1v) is 24.4. The first-order chi connectivity index (χ1) is 26.5. The number of unbranched alkanes of at least 4 members (excludes halogenated alkanes) is 20. The van der Waals surface area contributed by atoms with Gasteiger partial charge in [0.25, 0.3) is 0 Å². The Kier molecular flexibility index (Phi) is 18.1. The van der Waals surface area contributed by atoms with Gasteiger partial charge in [-0.05, 0) is 107 Å². The van der Waals surface area contributed by atoms with Gasteiger partial charge in [0.05, 0.1) is 0 Å². The van der Waals surface area contributed by atoms with Crippen molar-refractivity contribution in [3.8, 4) is 22.3 Å². The Morgan fingerprint density at radius 1 is 0.370 bits per heavy atom. The van der Waals surface area contributed by atoms with E-state index in [9.17, 15) is 0 Å².